The number of halogens is 2. The zero-order chi connectivity index (χ0) is 27.9. The van der Waals surface area contributed by atoms with Crippen LogP contribution in [-0.2, 0) is 26.2 Å². The molecule has 0 aliphatic heterocycles. The lowest BCUT2D eigenvalue weighted by molar-refractivity contribution is -0.139. The summed E-state index contributed by atoms with van der Waals surface area (Å²) < 4.78 is 42.8. The second-order valence-electron chi connectivity index (χ2n) is 9.26. The van der Waals surface area contributed by atoms with Crippen LogP contribution in [0.15, 0.2) is 83.8 Å². The Balaban J connectivity index is 1.98. The molecular formula is C28H31FIN3O4S. The lowest BCUT2D eigenvalue weighted by Gasteiger charge is -2.32. The monoisotopic (exact) mass is 651 g/mol. The summed E-state index contributed by atoms with van der Waals surface area (Å²) >= 11 is 2.12. The van der Waals surface area contributed by atoms with Crippen LogP contribution in [0.1, 0.15) is 26.3 Å². The first kappa shape index (κ1) is 29.6. The van der Waals surface area contributed by atoms with Crippen molar-refractivity contribution in [2.75, 3.05) is 17.4 Å². The number of nitrogens with one attached hydrogen (secondary N) is 1. The van der Waals surface area contributed by atoms with Gasteiger partial charge in [-0.3, -0.25) is 13.9 Å². The van der Waals surface area contributed by atoms with Gasteiger partial charge in [0.15, 0.2) is 0 Å². The maximum atomic E-state index is 13.8. The summed E-state index contributed by atoms with van der Waals surface area (Å²) in [5, 5.41) is 2.83. The van der Waals surface area contributed by atoms with Crippen LogP contribution < -0.4 is 9.62 Å². The summed E-state index contributed by atoms with van der Waals surface area (Å²) in [6, 6.07) is 19.4. The second-order valence-corrected chi connectivity index (χ2v) is 12.4. The molecule has 0 unspecified atom stereocenters. The van der Waals surface area contributed by atoms with Crippen molar-refractivity contribution in [3.05, 3.63) is 93.8 Å². The number of hydrogen-bond acceptors (Lipinski definition) is 4. The van der Waals surface area contributed by atoms with Gasteiger partial charge in [-0.15, -0.1) is 0 Å². The van der Waals surface area contributed by atoms with Crippen LogP contribution in [0.2, 0.25) is 0 Å². The smallest absolute Gasteiger partial charge is 0.264 e. The highest BCUT2D eigenvalue weighted by Crippen LogP contribution is 2.25. The first-order valence-corrected chi connectivity index (χ1v) is 14.7. The zero-order valence-electron chi connectivity index (χ0n) is 21.5. The SMILES string of the molecule is CC(C)CNC(=O)[C@H](C)N(Cc1ccc(F)cc1)C(=O)CN(c1ccc(I)cc1)S(=O)(=O)c1ccccc1. The fourth-order valence-electron chi connectivity index (χ4n) is 3.68. The molecule has 0 radical (unpaired) electrons. The van der Waals surface area contributed by atoms with E-state index in [2.05, 4.69) is 27.9 Å². The van der Waals surface area contributed by atoms with Crippen molar-refractivity contribution in [2.24, 2.45) is 5.92 Å². The molecule has 0 heterocycles. The maximum Gasteiger partial charge on any atom is 0.264 e. The Labute approximate surface area is 237 Å². The standard InChI is InChI=1S/C28H31FIN3O4S/c1-20(2)17-31-28(35)21(3)32(18-22-9-11-23(29)12-10-22)27(34)19-33(25-15-13-24(30)14-16-25)38(36,37)26-7-5-4-6-8-26/h4-16,20-21H,17-19H2,1-3H3,(H,31,35)/t21-/m0/s1. The maximum absolute atomic E-state index is 13.8. The Hall–Kier alpha value is -2.99. The number of carbonyl (C=O) groups excluding carboxylic acids is 2. The molecule has 3 aromatic carbocycles. The molecule has 0 aromatic heterocycles. The number of hydrogen-bond donors (Lipinski definition) is 1. The fourth-order valence-corrected chi connectivity index (χ4v) is 5.47. The van der Waals surface area contributed by atoms with E-state index in [1.54, 1.807) is 49.4 Å². The molecule has 0 spiro atoms. The summed E-state index contributed by atoms with van der Waals surface area (Å²) in [6.07, 6.45) is 0. The highest BCUT2D eigenvalue weighted by Gasteiger charge is 2.32. The number of nitrogens with zero attached hydrogens (tertiary/aromatic N) is 2. The predicted octanol–water partition coefficient (Wildman–Crippen LogP) is 4.82. The van der Waals surface area contributed by atoms with Crippen LogP contribution in [0.4, 0.5) is 10.1 Å². The summed E-state index contributed by atoms with van der Waals surface area (Å²) in [7, 11) is -4.11. The lowest BCUT2D eigenvalue weighted by Crippen LogP contribution is -2.51. The van der Waals surface area contributed by atoms with E-state index in [1.807, 2.05) is 13.8 Å². The van der Waals surface area contributed by atoms with E-state index in [0.717, 1.165) is 7.88 Å². The van der Waals surface area contributed by atoms with E-state index in [-0.39, 0.29) is 23.3 Å². The minimum Gasteiger partial charge on any atom is -0.354 e. The van der Waals surface area contributed by atoms with Gasteiger partial charge in [0.1, 0.15) is 18.4 Å². The normalized spacial score (nSPS) is 12.2. The molecule has 0 saturated carbocycles. The molecule has 2 amide bonds. The van der Waals surface area contributed by atoms with E-state index in [1.165, 1.54) is 41.3 Å². The highest BCUT2D eigenvalue weighted by atomic mass is 127. The largest absolute Gasteiger partial charge is 0.354 e. The van der Waals surface area contributed by atoms with Crippen molar-refractivity contribution in [2.45, 2.75) is 38.3 Å². The number of amides is 2. The molecule has 0 aliphatic carbocycles. The van der Waals surface area contributed by atoms with Crippen LogP contribution in [-0.4, -0.2) is 44.3 Å². The Morgan fingerprint density at radius 1 is 0.921 bits per heavy atom. The minimum atomic E-state index is -4.11. The molecule has 7 nitrogen and oxygen atoms in total. The molecule has 3 aromatic rings. The summed E-state index contributed by atoms with van der Waals surface area (Å²) in [5.41, 5.74) is 0.927. The predicted molar refractivity (Wildman–Crippen MR) is 154 cm³/mol. The first-order chi connectivity index (χ1) is 18.0. The van der Waals surface area contributed by atoms with Crippen molar-refractivity contribution in [1.29, 1.82) is 0 Å². The fraction of sp³-hybridized carbons (Fsp3) is 0.286. The van der Waals surface area contributed by atoms with Gasteiger partial charge in [-0.1, -0.05) is 44.2 Å². The van der Waals surface area contributed by atoms with Gasteiger partial charge in [0.25, 0.3) is 10.0 Å². The lowest BCUT2D eigenvalue weighted by atomic mass is 10.1. The minimum absolute atomic E-state index is 0.00128. The third-order valence-corrected chi connectivity index (χ3v) is 8.35. The molecular weight excluding hydrogens is 620 g/mol. The molecule has 202 valence electrons. The number of anilines is 1. The van der Waals surface area contributed by atoms with Crippen molar-refractivity contribution in [3.63, 3.8) is 0 Å². The van der Waals surface area contributed by atoms with Crippen LogP contribution in [0, 0.1) is 15.3 Å². The summed E-state index contributed by atoms with van der Waals surface area (Å²) in [4.78, 5) is 28.1. The van der Waals surface area contributed by atoms with Crippen molar-refractivity contribution in [1.82, 2.24) is 10.2 Å². The van der Waals surface area contributed by atoms with Crippen molar-refractivity contribution >= 4 is 50.1 Å². The second kappa shape index (κ2) is 13.2. The van der Waals surface area contributed by atoms with E-state index < -0.39 is 34.3 Å². The average Bonchev–Trinajstić information content (AvgIpc) is 2.90. The highest BCUT2D eigenvalue weighted by molar-refractivity contribution is 14.1. The summed E-state index contributed by atoms with van der Waals surface area (Å²) in [6.45, 7) is 5.42. The summed E-state index contributed by atoms with van der Waals surface area (Å²) in [5.74, 6) is -1.14. The van der Waals surface area contributed by atoms with Gasteiger partial charge in [-0.05, 0) is 89.5 Å². The van der Waals surface area contributed by atoms with Gasteiger partial charge in [0, 0.05) is 16.7 Å². The van der Waals surface area contributed by atoms with Gasteiger partial charge < -0.3 is 10.2 Å². The van der Waals surface area contributed by atoms with E-state index in [4.69, 9.17) is 0 Å². The molecule has 10 heteroatoms. The number of carbonyl (C=O) groups is 2. The van der Waals surface area contributed by atoms with Crippen LogP contribution in [0.3, 0.4) is 0 Å². The molecule has 1 N–H and O–H groups in total. The quantitative estimate of drug-likeness (QED) is 0.302. The van der Waals surface area contributed by atoms with Crippen LogP contribution >= 0.6 is 22.6 Å². The third kappa shape index (κ3) is 7.76. The average molecular weight is 652 g/mol. The van der Waals surface area contributed by atoms with Gasteiger partial charge in [0.2, 0.25) is 11.8 Å². The van der Waals surface area contributed by atoms with E-state index >= 15 is 0 Å². The molecule has 0 fully saturated rings. The van der Waals surface area contributed by atoms with Gasteiger partial charge in [-0.2, -0.15) is 0 Å². The van der Waals surface area contributed by atoms with Gasteiger partial charge in [-0.25, -0.2) is 12.8 Å². The van der Waals surface area contributed by atoms with Gasteiger partial charge in [0.05, 0.1) is 10.6 Å². The number of rotatable bonds is 11. The third-order valence-electron chi connectivity index (χ3n) is 5.84. The molecule has 1 atom stereocenters. The van der Waals surface area contributed by atoms with Crippen molar-refractivity contribution in [3.8, 4) is 0 Å². The number of benzene rings is 3. The molecule has 0 saturated heterocycles. The Kier molecular flexibility index (Phi) is 10.3. The van der Waals surface area contributed by atoms with E-state index in [9.17, 15) is 22.4 Å². The van der Waals surface area contributed by atoms with Gasteiger partial charge >= 0.3 is 0 Å². The van der Waals surface area contributed by atoms with Crippen molar-refractivity contribution < 1.29 is 22.4 Å². The zero-order valence-corrected chi connectivity index (χ0v) is 24.4. The molecule has 0 bridgehead atoms. The van der Waals surface area contributed by atoms with E-state index in [0.29, 0.717) is 17.8 Å². The topological polar surface area (TPSA) is 86.8 Å². The molecule has 38 heavy (non-hydrogen) atoms. The Morgan fingerprint density at radius 3 is 2.11 bits per heavy atom. The molecule has 3 rings (SSSR count). The molecule has 0 aliphatic rings. The first-order valence-electron chi connectivity index (χ1n) is 12.1. The Morgan fingerprint density at radius 2 is 1.53 bits per heavy atom. The van der Waals surface area contributed by atoms with Crippen LogP contribution in [0.5, 0.6) is 0 Å². The number of sulfonamides is 1. The Bertz CT molecular complexity index is 1330. The van der Waals surface area contributed by atoms with Crippen LogP contribution in [0.25, 0.3) is 0 Å².